The average Bonchev–Trinajstić information content (AvgIpc) is 2.26. The molecule has 0 amide bonds. The van der Waals surface area contributed by atoms with Crippen LogP contribution in [-0.4, -0.2) is 47.8 Å². The number of hydrogen-bond acceptors (Lipinski definition) is 4. The summed E-state index contributed by atoms with van der Waals surface area (Å²) in [5.74, 6) is 0.312. The van der Waals surface area contributed by atoms with Crippen LogP contribution in [0.4, 0.5) is 0 Å². The van der Waals surface area contributed by atoms with Crippen molar-refractivity contribution in [2.75, 3.05) is 19.6 Å². The predicted molar refractivity (Wildman–Crippen MR) is 66.7 cm³/mol. The number of carbonyl (C=O) groups excluding carboxylic acids is 1. The molecule has 1 aliphatic rings. The van der Waals surface area contributed by atoms with Crippen LogP contribution < -0.4 is 0 Å². The molecule has 1 unspecified atom stereocenters. The lowest BCUT2D eigenvalue weighted by molar-refractivity contribution is -0.147. The summed E-state index contributed by atoms with van der Waals surface area (Å²) in [6, 6.07) is 0. The van der Waals surface area contributed by atoms with Crippen molar-refractivity contribution in [3.05, 3.63) is 0 Å². The van der Waals surface area contributed by atoms with Crippen LogP contribution in [0.25, 0.3) is 0 Å². The molecule has 17 heavy (non-hydrogen) atoms. The molecule has 1 rings (SSSR count). The number of ether oxygens (including phenoxy) is 1. The molecule has 0 aromatic rings. The number of hydrogen-bond donors (Lipinski definition) is 1. The minimum Gasteiger partial charge on any atom is -0.463 e. The van der Waals surface area contributed by atoms with Crippen LogP contribution in [0.3, 0.4) is 0 Å². The van der Waals surface area contributed by atoms with Gasteiger partial charge in [0.05, 0.1) is 18.6 Å². The van der Waals surface area contributed by atoms with Crippen molar-refractivity contribution in [3.8, 4) is 0 Å². The molecule has 0 radical (unpaired) electrons. The molecule has 4 heteroatoms. The van der Waals surface area contributed by atoms with E-state index in [0.29, 0.717) is 12.3 Å². The van der Waals surface area contributed by atoms with E-state index in [9.17, 15) is 9.90 Å². The van der Waals surface area contributed by atoms with E-state index in [0.717, 1.165) is 32.5 Å². The molecule has 1 atom stereocenters. The lowest BCUT2D eigenvalue weighted by Gasteiger charge is -2.33. The Labute approximate surface area is 104 Å². The van der Waals surface area contributed by atoms with E-state index >= 15 is 0 Å². The molecule has 0 aliphatic carbocycles. The van der Waals surface area contributed by atoms with Gasteiger partial charge in [0.1, 0.15) is 0 Å². The van der Waals surface area contributed by atoms with Crippen LogP contribution in [0, 0.1) is 5.92 Å². The zero-order valence-electron chi connectivity index (χ0n) is 11.2. The fraction of sp³-hybridized carbons (Fsp3) is 0.923. The third-order valence-corrected chi connectivity index (χ3v) is 3.31. The van der Waals surface area contributed by atoms with Crippen LogP contribution >= 0.6 is 0 Å². The van der Waals surface area contributed by atoms with Crippen LogP contribution in [0.5, 0.6) is 0 Å². The molecule has 4 nitrogen and oxygen atoms in total. The van der Waals surface area contributed by atoms with Crippen molar-refractivity contribution in [1.29, 1.82) is 0 Å². The van der Waals surface area contributed by atoms with Gasteiger partial charge >= 0.3 is 5.97 Å². The Kier molecular flexibility index (Phi) is 5.92. The summed E-state index contributed by atoms with van der Waals surface area (Å²) in [6.07, 6.45) is 2.29. The van der Waals surface area contributed by atoms with Gasteiger partial charge in [-0.05, 0) is 52.6 Å². The SMILES string of the molecule is CC(C)OC(=O)CCN1CCC(C(C)O)CC1. The van der Waals surface area contributed by atoms with Gasteiger partial charge in [-0.3, -0.25) is 4.79 Å². The van der Waals surface area contributed by atoms with Crippen molar-refractivity contribution in [1.82, 2.24) is 4.90 Å². The molecule has 1 heterocycles. The molecule has 100 valence electrons. The van der Waals surface area contributed by atoms with E-state index < -0.39 is 0 Å². The first-order valence-electron chi connectivity index (χ1n) is 6.59. The Bertz CT molecular complexity index is 233. The second-order valence-electron chi connectivity index (χ2n) is 5.21. The van der Waals surface area contributed by atoms with E-state index in [1.807, 2.05) is 20.8 Å². The topological polar surface area (TPSA) is 49.8 Å². The quantitative estimate of drug-likeness (QED) is 0.742. The Balaban J connectivity index is 2.16. The summed E-state index contributed by atoms with van der Waals surface area (Å²) in [6.45, 7) is 8.32. The van der Waals surface area contributed by atoms with Crippen molar-refractivity contribution < 1.29 is 14.6 Å². The number of nitrogens with zero attached hydrogens (tertiary/aromatic N) is 1. The van der Waals surface area contributed by atoms with E-state index in [2.05, 4.69) is 4.90 Å². The molecule has 0 bridgehead atoms. The third-order valence-electron chi connectivity index (χ3n) is 3.31. The number of piperidine rings is 1. The first-order valence-corrected chi connectivity index (χ1v) is 6.59. The number of rotatable bonds is 5. The number of aliphatic hydroxyl groups is 1. The van der Waals surface area contributed by atoms with Crippen LogP contribution in [0.15, 0.2) is 0 Å². The number of carbonyl (C=O) groups is 1. The van der Waals surface area contributed by atoms with Crippen molar-refractivity contribution in [2.45, 2.75) is 52.2 Å². The summed E-state index contributed by atoms with van der Waals surface area (Å²) in [4.78, 5) is 13.7. The summed E-state index contributed by atoms with van der Waals surface area (Å²) < 4.78 is 5.10. The second kappa shape index (κ2) is 6.97. The van der Waals surface area contributed by atoms with E-state index in [1.54, 1.807) is 0 Å². The lowest BCUT2D eigenvalue weighted by atomic mass is 9.92. The molecular weight excluding hydrogens is 218 g/mol. The molecule has 1 saturated heterocycles. The smallest absolute Gasteiger partial charge is 0.307 e. The van der Waals surface area contributed by atoms with Crippen molar-refractivity contribution in [2.24, 2.45) is 5.92 Å². The molecule has 1 fully saturated rings. The highest BCUT2D eigenvalue weighted by Crippen LogP contribution is 2.20. The standard InChI is InChI=1S/C13H25NO3/c1-10(2)17-13(16)6-9-14-7-4-12(5-8-14)11(3)15/h10-12,15H,4-9H2,1-3H3. The molecule has 1 N–H and O–H groups in total. The first-order chi connectivity index (χ1) is 7.99. The summed E-state index contributed by atoms with van der Waals surface area (Å²) in [5, 5.41) is 9.49. The third kappa shape index (κ3) is 5.50. The van der Waals surface area contributed by atoms with E-state index in [4.69, 9.17) is 4.74 Å². The minimum atomic E-state index is -0.206. The fourth-order valence-electron chi connectivity index (χ4n) is 2.23. The lowest BCUT2D eigenvalue weighted by Crippen LogP contribution is -2.38. The van der Waals surface area contributed by atoms with Gasteiger partial charge in [0.15, 0.2) is 0 Å². The van der Waals surface area contributed by atoms with Crippen molar-refractivity contribution in [3.63, 3.8) is 0 Å². The normalized spacial score (nSPS) is 20.5. The highest BCUT2D eigenvalue weighted by Gasteiger charge is 2.22. The molecule has 1 aliphatic heterocycles. The van der Waals surface area contributed by atoms with Gasteiger partial charge in [-0.15, -0.1) is 0 Å². The minimum absolute atomic E-state index is 0.0246. The zero-order valence-corrected chi connectivity index (χ0v) is 11.2. The van der Waals surface area contributed by atoms with E-state index in [-0.39, 0.29) is 18.2 Å². The largest absolute Gasteiger partial charge is 0.463 e. The predicted octanol–water partition coefficient (Wildman–Crippen LogP) is 1.42. The zero-order chi connectivity index (χ0) is 12.8. The Hall–Kier alpha value is -0.610. The maximum absolute atomic E-state index is 11.4. The van der Waals surface area contributed by atoms with E-state index in [1.165, 1.54) is 0 Å². The molecule has 0 aromatic heterocycles. The molecule has 0 saturated carbocycles. The van der Waals surface area contributed by atoms with Crippen molar-refractivity contribution >= 4 is 5.97 Å². The van der Waals surface area contributed by atoms with Gasteiger partial charge in [-0.2, -0.15) is 0 Å². The van der Waals surface area contributed by atoms with Gasteiger partial charge in [0.25, 0.3) is 0 Å². The number of aliphatic hydroxyl groups excluding tert-OH is 1. The Morgan fingerprint density at radius 1 is 1.35 bits per heavy atom. The van der Waals surface area contributed by atoms with Crippen LogP contribution in [0.1, 0.15) is 40.0 Å². The average molecular weight is 243 g/mol. The van der Waals surface area contributed by atoms with Gasteiger partial charge < -0.3 is 14.7 Å². The monoisotopic (exact) mass is 243 g/mol. The number of esters is 1. The highest BCUT2D eigenvalue weighted by molar-refractivity contribution is 5.69. The summed E-state index contributed by atoms with van der Waals surface area (Å²) in [7, 11) is 0. The fourth-order valence-corrected chi connectivity index (χ4v) is 2.23. The van der Waals surface area contributed by atoms with Crippen LogP contribution in [0.2, 0.25) is 0 Å². The molecule has 0 spiro atoms. The summed E-state index contributed by atoms with van der Waals surface area (Å²) >= 11 is 0. The Morgan fingerprint density at radius 2 is 1.94 bits per heavy atom. The maximum Gasteiger partial charge on any atom is 0.307 e. The summed E-state index contributed by atoms with van der Waals surface area (Å²) in [5.41, 5.74) is 0. The second-order valence-corrected chi connectivity index (χ2v) is 5.21. The molecular formula is C13H25NO3. The maximum atomic E-state index is 11.4. The van der Waals surface area contributed by atoms with Gasteiger partial charge in [0.2, 0.25) is 0 Å². The highest BCUT2D eigenvalue weighted by atomic mass is 16.5. The number of likely N-dealkylation sites (tertiary alicyclic amines) is 1. The first kappa shape index (κ1) is 14.5. The van der Waals surface area contributed by atoms with Gasteiger partial charge in [0, 0.05) is 6.54 Å². The van der Waals surface area contributed by atoms with Crippen LogP contribution in [-0.2, 0) is 9.53 Å². The van der Waals surface area contributed by atoms with Gasteiger partial charge in [-0.25, -0.2) is 0 Å². The van der Waals surface area contributed by atoms with Gasteiger partial charge in [-0.1, -0.05) is 0 Å². The molecule has 0 aromatic carbocycles. The Morgan fingerprint density at radius 3 is 2.41 bits per heavy atom.